The molecule has 0 aliphatic carbocycles. The Kier molecular flexibility index (Phi) is 4.23. The summed E-state index contributed by atoms with van der Waals surface area (Å²) in [5.41, 5.74) is 2.81. The highest BCUT2D eigenvalue weighted by atomic mass is 19.1. The minimum Gasteiger partial charge on any atom is -0.496 e. The Balaban J connectivity index is 2.23. The van der Waals surface area contributed by atoms with E-state index in [2.05, 4.69) is 5.32 Å². The van der Waals surface area contributed by atoms with Crippen LogP contribution in [0.15, 0.2) is 12.1 Å². The Hall–Kier alpha value is -1.09. The van der Waals surface area contributed by atoms with Crippen molar-refractivity contribution in [3.8, 4) is 5.75 Å². The average molecular weight is 251 g/mol. The van der Waals surface area contributed by atoms with Gasteiger partial charge in [-0.3, -0.25) is 0 Å². The molecule has 2 rings (SSSR count). The van der Waals surface area contributed by atoms with E-state index >= 15 is 0 Å². The fraction of sp³-hybridized carbons (Fsp3) is 0.600. The number of ether oxygens (including phenoxy) is 1. The molecule has 0 saturated carbocycles. The van der Waals surface area contributed by atoms with Crippen LogP contribution in [0, 0.1) is 19.8 Å². The predicted octanol–water partition coefficient (Wildman–Crippen LogP) is 3.32. The van der Waals surface area contributed by atoms with Gasteiger partial charge in [-0.1, -0.05) is 0 Å². The summed E-state index contributed by atoms with van der Waals surface area (Å²) in [6, 6.07) is 3.88. The summed E-state index contributed by atoms with van der Waals surface area (Å²) in [7, 11) is 1.65. The summed E-state index contributed by atoms with van der Waals surface area (Å²) in [5.74, 6) is 0.940. The van der Waals surface area contributed by atoms with Crippen molar-refractivity contribution in [2.24, 2.45) is 5.92 Å². The van der Waals surface area contributed by atoms with Crippen LogP contribution < -0.4 is 10.1 Å². The van der Waals surface area contributed by atoms with Gasteiger partial charge in [-0.05, 0) is 62.1 Å². The zero-order valence-electron chi connectivity index (χ0n) is 11.4. The third-order valence-corrected chi connectivity index (χ3v) is 3.83. The van der Waals surface area contributed by atoms with Crippen molar-refractivity contribution in [2.75, 3.05) is 20.2 Å². The second-order valence-corrected chi connectivity index (χ2v) is 5.19. The molecule has 2 nitrogen and oxygen atoms in total. The molecule has 1 heterocycles. The zero-order chi connectivity index (χ0) is 13.1. The molecule has 0 spiro atoms. The number of alkyl halides is 1. The van der Waals surface area contributed by atoms with Gasteiger partial charge in [-0.2, -0.15) is 0 Å². The van der Waals surface area contributed by atoms with E-state index in [1.54, 1.807) is 7.11 Å². The number of rotatable bonds is 3. The van der Waals surface area contributed by atoms with E-state index < -0.39 is 6.17 Å². The molecule has 18 heavy (non-hydrogen) atoms. The first kappa shape index (κ1) is 13.3. The molecule has 1 aliphatic rings. The molecule has 1 saturated heterocycles. The summed E-state index contributed by atoms with van der Waals surface area (Å²) in [6.45, 7) is 5.73. The lowest BCUT2D eigenvalue weighted by Gasteiger charge is -2.27. The fourth-order valence-electron chi connectivity index (χ4n) is 2.71. The Labute approximate surface area is 109 Å². The number of benzene rings is 1. The molecule has 0 amide bonds. The lowest BCUT2D eigenvalue weighted by molar-refractivity contribution is 0.193. The van der Waals surface area contributed by atoms with Gasteiger partial charge in [0, 0.05) is 12.5 Å². The van der Waals surface area contributed by atoms with Gasteiger partial charge >= 0.3 is 0 Å². The lowest BCUT2D eigenvalue weighted by atomic mass is 9.88. The van der Waals surface area contributed by atoms with Crippen molar-refractivity contribution in [3.05, 3.63) is 28.8 Å². The second-order valence-electron chi connectivity index (χ2n) is 5.19. The Bertz CT molecular complexity index is 413. The maximum absolute atomic E-state index is 14.6. The monoisotopic (exact) mass is 251 g/mol. The van der Waals surface area contributed by atoms with Gasteiger partial charge in [0.2, 0.25) is 0 Å². The van der Waals surface area contributed by atoms with Crippen LogP contribution in [0.25, 0.3) is 0 Å². The molecular formula is C15H22FNO. The Morgan fingerprint density at radius 2 is 2.11 bits per heavy atom. The molecule has 0 bridgehead atoms. The number of nitrogens with one attached hydrogen (secondary N) is 1. The van der Waals surface area contributed by atoms with Gasteiger partial charge < -0.3 is 10.1 Å². The Morgan fingerprint density at radius 1 is 1.33 bits per heavy atom. The summed E-state index contributed by atoms with van der Waals surface area (Å²) >= 11 is 0. The van der Waals surface area contributed by atoms with Crippen molar-refractivity contribution in [2.45, 2.75) is 32.9 Å². The van der Waals surface area contributed by atoms with E-state index in [1.807, 2.05) is 26.0 Å². The molecule has 1 aromatic carbocycles. The maximum Gasteiger partial charge on any atom is 0.129 e. The van der Waals surface area contributed by atoms with Crippen LogP contribution in [0.3, 0.4) is 0 Å². The van der Waals surface area contributed by atoms with E-state index in [0.717, 1.165) is 48.4 Å². The topological polar surface area (TPSA) is 21.3 Å². The van der Waals surface area contributed by atoms with Gasteiger partial charge in [0.25, 0.3) is 0 Å². The summed E-state index contributed by atoms with van der Waals surface area (Å²) < 4.78 is 19.9. The molecule has 1 N–H and O–H groups in total. The molecular weight excluding hydrogens is 229 g/mol. The first-order valence-electron chi connectivity index (χ1n) is 6.63. The number of piperidine rings is 1. The standard InChI is InChI=1S/C15H22FNO/c1-10-8-14(18-3)11(2)7-13(10)15(16)12-5-4-6-17-9-12/h7-8,12,15,17H,4-6,9H2,1-3H3. The van der Waals surface area contributed by atoms with E-state index in [0.29, 0.717) is 0 Å². The van der Waals surface area contributed by atoms with Crippen LogP contribution >= 0.6 is 0 Å². The van der Waals surface area contributed by atoms with Gasteiger partial charge in [-0.25, -0.2) is 4.39 Å². The average Bonchev–Trinajstić information content (AvgIpc) is 2.41. The zero-order valence-corrected chi connectivity index (χ0v) is 11.4. The minimum atomic E-state index is -0.873. The first-order valence-corrected chi connectivity index (χ1v) is 6.63. The molecule has 1 fully saturated rings. The van der Waals surface area contributed by atoms with E-state index in [9.17, 15) is 4.39 Å². The third-order valence-electron chi connectivity index (χ3n) is 3.83. The molecule has 2 unspecified atom stereocenters. The van der Waals surface area contributed by atoms with Crippen LogP contribution in [-0.4, -0.2) is 20.2 Å². The third kappa shape index (κ3) is 2.66. The second kappa shape index (κ2) is 5.70. The molecule has 100 valence electrons. The molecule has 3 heteroatoms. The number of methoxy groups -OCH3 is 1. The van der Waals surface area contributed by atoms with E-state index in [4.69, 9.17) is 4.74 Å². The smallest absolute Gasteiger partial charge is 0.129 e. The maximum atomic E-state index is 14.6. The van der Waals surface area contributed by atoms with Gasteiger partial charge in [-0.15, -0.1) is 0 Å². The summed E-state index contributed by atoms with van der Waals surface area (Å²) in [4.78, 5) is 0. The lowest BCUT2D eigenvalue weighted by Crippen LogP contribution is -2.32. The Morgan fingerprint density at radius 3 is 2.72 bits per heavy atom. The molecule has 1 aromatic rings. The van der Waals surface area contributed by atoms with Crippen LogP contribution in [0.5, 0.6) is 5.75 Å². The largest absolute Gasteiger partial charge is 0.496 e. The van der Waals surface area contributed by atoms with Crippen molar-refractivity contribution in [1.82, 2.24) is 5.32 Å². The van der Waals surface area contributed by atoms with Crippen molar-refractivity contribution in [1.29, 1.82) is 0 Å². The van der Waals surface area contributed by atoms with Crippen molar-refractivity contribution < 1.29 is 9.13 Å². The quantitative estimate of drug-likeness (QED) is 0.889. The van der Waals surface area contributed by atoms with Crippen LogP contribution in [-0.2, 0) is 0 Å². The molecule has 2 atom stereocenters. The van der Waals surface area contributed by atoms with Gasteiger partial charge in [0.1, 0.15) is 11.9 Å². The number of hydrogen-bond donors (Lipinski definition) is 1. The van der Waals surface area contributed by atoms with Gasteiger partial charge in [0.15, 0.2) is 0 Å². The van der Waals surface area contributed by atoms with Crippen LogP contribution in [0.4, 0.5) is 4.39 Å². The minimum absolute atomic E-state index is 0.102. The number of halogens is 1. The van der Waals surface area contributed by atoms with Crippen molar-refractivity contribution >= 4 is 0 Å². The normalized spacial score (nSPS) is 21.7. The SMILES string of the molecule is COc1cc(C)c(C(F)C2CCCNC2)cc1C. The highest BCUT2D eigenvalue weighted by Crippen LogP contribution is 2.35. The van der Waals surface area contributed by atoms with Crippen LogP contribution in [0.1, 0.15) is 35.7 Å². The predicted molar refractivity (Wildman–Crippen MR) is 71.9 cm³/mol. The molecule has 0 radical (unpaired) electrons. The highest BCUT2D eigenvalue weighted by Gasteiger charge is 2.26. The summed E-state index contributed by atoms with van der Waals surface area (Å²) in [5, 5.41) is 3.28. The first-order chi connectivity index (χ1) is 8.63. The van der Waals surface area contributed by atoms with E-state index in [-0.39, 0.29) is 5.92 Å². The highest BCUT2D eigenvalue weighted by molar-refractivity contribution is 5.42. The summed E-state index contributed by atoms with van der Waals surface area (Å²) in [6.07, 6.45) is 1.17. The van der Waals surface area contributed by atoms with Gasteiger partial charge in [0.05, 0.1) is 7.11 Å². The number of aryl methyl sites for hydroxylation is 2. The van der Waals surface area contributed by atoms with Crippen LogP contribution in [0.2, 0.25) is 0 Å². The fourth-order valence-corrected chi connectivity index (χ4v) is 2.71. The molecule has 0 aromatic heterocycles. The molecule has 1 aliphatic heterocycles. The van der Waals surface area contributed by atoms with Crippen molar-refractivity contribution in [3.63, 3.8) is 0 Å². The number of hydrogen-bond acceptors (Lipinski definition) is 2. The van der Waals surface area contributed by atoms with E-state index in [1.165, 1.54) is 0 Å².